The molecular weight excluding hydrogens is 221 g/mol. The maximum absolute atomic E-state index is 11.6. The molecule has 0 atom stereocenters. The smallest absolute Gasteiger partial charge is 0.406 e. The van der Waals surface area contributed by atoms with Crippen molar-refractivity contribution in [1.82, 2.24) is 0 Å². The quantitative estimate of drug-likeness (QED) is 0.244. The minimum absolute atomic E-state index is 0.126. The minimum Gasteiger partial charge on any atom is -0.406 e. The number of ether oxygens (including phenoxy) is 1. The van der Waals surface area contributed by atoms with E-state index in [1.165, 1.54) is 0 Å². The van der Waals surface area contributed by atoms with Crippen molar-refractivity contribution < 1.29 is 22.7 Å². The Bertz CT molecular complexity index is 288. The van der Waals surface area contributed by atoms with E-state index in [4.69, 9.17) is 0 Å². The second kappa shape index (κ2) is 8.52. The van der Waals surface area contributed by atoms with Crippen molar-refractivity contribution in [2.45, 2.75) is 13.3 Å². The van der Waals surface area contributed by atoms with Gasteiger partial charge in [-0.1, -0.05) is 19.2 Å². The first-order chi connectivity index (χ1) is 7.30. The molecule has 90 valence electrons. The summed E-state index contributed by atoms with van der Waals surface area (Å²) >= 11 is 0. The maximum Gasteiger partial charge on any atom is 0.573 e. The number of hydrogen-bond donors (Lipinski definition) is 0. The molecule has 0 N–H and O–H groups in total. The van der Waals surface area contributed by atoms with Crippen LogP contribution in [0, 0.1) is 0 Å². The van der Waals surface area contributed by atoms with Crippen LogP contribution < -0.4 is 0 Å². The monoisotopic (exact) mass is 234 g/mol. The summed E-state index contributed by atoms with van der Waals surface area (Å²) in [5, 5.41) is 0. The van der Waals surface area contributed by atoms with Crippen molar-refractivity contribution >= 4 is 6.29 Å². The summed E-state index contributed by atoms with van der Waals surface area (Å²) in [5.74, 6) is -0.565. The number of aldehydes is 1. The normalized spacial score (nSPS) is 10.6. The molecule has 0 amide bonds. The van der Waals surface area contributed by atoms with Gasteiger partial charge in [-0.3, -0.25) is 4.79 Å². The van der Waals surface area contributed by atoms with Crippen LogP contribution in [0.15, 0.2) is 49.3 Å². The van der Waals surface area contributed by atoms with Gasteiger partial charge < -0.3 is 4.74 Å². The third kappa shape index (κ3) is 12.2. The standard InChI is InChI=1S/C8H7F3O2.C3H6/c1-3-7(4-6(2)5-12)13-8(9,10)11;1-3-2/h3-5H,1-2H2;3H,1H2,2H3/b7-4+;. The zero-order valence-electron chi connectivity index (χ0n) is 8.88. The lowest BCUT2D eigenvalue weighted by atomic mass is 10.3. The SMILES string of the molecule is C=C/C(=C\C(=C)C=O)OC(F)(F)F.C=CC. The first-order valence-electron chi connectivity index (χ1n) is 4.11. The lowest BCUT2D eigenvalue weighted by Crippen LogP contribution is -2.12. The third-order valence-electron chi connectivity index (χ3n) is 0.914. The van der Waals surface area contributed by atoms with Crippen LogP contribution in [0.4, 0.5) is 13.2 Å². The Morgan fingerprint density at radius 1 is 1.31 bits per heavy atom. The van der Waals surface area contributed by atoms with Gasteiger partial charge in [-0.05, 0) is 19.1 Å². The van der Waals surface area contributed by atoms with Crippen LogP contribution in [0.3, 0.4) is 0 Å². The Morgan fingerprint density at radius 3 is 2.00 bits per heavy atom. The summed E-state index contributed by atoms with van der Waals surface area (Å²) in [4.78, 5) is 10.0. The summed E-state index contributed by atoms with van der Waals surface area (Å²) in [6.45, 7) is 11.5. The Hall–Kier alpha value is -1.78. The van der Waals surface area contributed by atoms with Gasteiger partial charge in [0.2, 0.25) is 0 Å². The largest absolute Gasteiger partial charge is 0.573 e. The molecule has 0 aliphatic rings. The van der Waals surface area contributed by atoms with E-state index in [0.717, 1.165) is 12.2 Å². The fourth-order valence-corrected chi connectivity index (χ4v) is 0.480. The van der Waals surface area contributed by atoms with Crippen molar-refractivity contribution in [3.05, 3.63) is 49.3 Å². The van der Waals surface area contributed by atoms with Gasteiger partial charge in [-0.15, -0.1) is 19.8 Å². The van der Waals surface area contributed by atoms with E-state index in [2.05, 4.69) is 24.5 Å². The molecule has 5 heteroatoms. The predicted octanol–water partition coefficient (Wildman–Crippen LogP) is 3.54. The molecule has 0 fully saturated rings. The summed E-state index contributed by atoms with van der Waals surface area (Å²) in [6, 6.07) is 0. The second-order valence-electron chi connectivity index (χ2n) is 2.40. The molecule has 0 radical (unpaired) electrons. The van der Waals surface area contributed by atoms with E-state index in [1.807, 2.05) is 6.92 Å². The van der Waals surface area contributed by atoms with E-state index < -0.39 is 12.1 Å². The zero-order chi connectivity index (χ0) is 13.2. The van der Waals surface area contributed by atoms with Crippen molar-refractivity contribution in [2.24, 2.45) is 0 Å². The lowest BCUT2D eigenvalue weighted by Gasteiger charge is -2.08. The van der Waals surface area contributed by atoms with Crippen molar-refractivity contribution in [2.75, 3.05) is 0 Å². The number of rotatable bonds is 4. The fourth-order valence-electron chi connectivity index (χ4n) is 0.480. The summed E-state index contributed by atoms with van der Waals surface area (Å²) in [5.41, 5.74) is -0.126. The van der Waals surface area contributed by atoms with E-state index in [1.54, 1.807) is 6.08 Å². The van der Waals surface area contributed by atoms with Gasteiger partial charge in [0.15, 0.2) is 0 Å². The minimum atomic E-state index is -4.79. The molecule has 0 aromatic heterocycles. The predicted molar refractivity (Wildman–Crippen MR) is 56.5 cm³/mol. The average molecular weight is 234 g/mol. The highest BCUT2D eigenvalue weighted by molar-refractivity contribution is 5.76. The van der Waals surface area contributed by atoms with Gasteiger partial charge in [0.05, 0.1) is 0 Å². The topological polar surface area (TPSA) is 26.3 Å². The van der Waals surface area contributed by atoms with Crippen LogP contribution in [-0.2, 0) is 9.53 Å². The molecule has 16 heavy (non-hydrogen) atoms. The van der Waals surface area contributed by atoms with Crippen LogP contribution in [0.2, 0.25) is 0 Å². The first kappa shape index (κ1) is 16.6. The highest BCUT2D eigenvalue weighted by Gasteiger charge is 2.31. The van der Waals surface area contributed by atoms with Crippen molar-refractivity contribution in [3.63, 3.8) is 0 Å². The van der Waals surface area contributed by atoms with E-state index in [0.29, 0.717) is 6.29 Å². The van der Waals surface area contributed by atoms with Gasteiger partial charge in [-0.25, -0.2) is 0 Å². The molecule has 0 aromatic carbocycles. The molecule has 0 aromatic rings. The van der Waals surface area contributed by atoms with Crippen LogP contribution >= 0.6 is 0 Å². The molecule has 0 heterocycles. The molecule has 0 spiro atoms. The van der Waals surface area contributed by atoms with Crippen molar-refractivity contribution in [3.8, 4) is 0 Å². The molecule has 0 aliphatic heterocycles. The Kier molecular flexibility index (Phi) is 8.86. The first-order valence-corrected chi connectivity index (χ1v) is 4.11. The second-order valence-corrected chi connectivity index (χ2v) is 2.40. The fraction of sp³-hybridized carbons (Fsp3) is 0.182. The van der Waals surface area contributed by atoms with Gasteiger partial charge in [0.1, 0.15) is 12.0 Å². The van der Waals surface area contributed by atoms with Crippen LogP contribution in [-0.4, -0.2) is 12.6 Å². The molecule has 0 rings (SSSR count). The van der Waals surface area contributed by atoms with E-state index >= 15 is 0 Å². The third-order valence-corrected chi connectivity index (χ3v) is 0.914. The Balaban J connectivity index is 0. The highest BCUT2D eigenvalue weighted by atomic mass is 19.4. The zero-order valence-corrected chi connectivity index (χ0v) is 8.88. The Morgan fingerprint density at radius 2 is 1.75 bits per heavy atom. The van der Waals surface area contributed by atoms with Gasteiger partial charge in [0, 0.05) is 5.57 Å². The lowest BCUT2D eigenvalue weighted by molar-refractivity contribution is -0.303. The van der Waals surface area contributed by atoms with Crippen LogP contribution in [0.5, 0.6) is 0 Å². The number of carbonyl (C=O) groups is 1. The molecule has 0 aliphatic carbocycles. The summed E-state index contributed by atoms with van der Waals surface area (Å²) in [7, 11) is 0. The number of alkyl halides is 3. The molecule has 2 nitrogen and oxygen atoms in total. The summed E-state index contributed by atoms with van der Waals surface area (Å²) < 4.78 is 38.3. The average Bonchev–Trinajstić information content (AvgIpc) is 2.15. The number of allylic oxidation sites excluding steroid dienone is 4. The Labute approximate surface area is 92.4 Å². The van der Waals surface area contributed by atoms with Gasteiger partial charge >= 0.3 is 6.36 Å². The van der Waals surface area contributed by atoms with Gasteiger partial charge in [0.25, 0.3) is 0 Å². The number of halogens is 3. The van der Waals surface area contributed by atoms with Crippen LogP contribution in [0.25, 0.3) is 0 Å². The number of hydrogen-bond acceptors (Lipinski definition) is 2. The maximum atomic E-state index is 11.6. The number of carbonyl (C=O) groups excluding carboxylic acids is 1. The summed E-state index contributed by atoms with van der Waals surface area (Å²) in [6.07, 6.45) is -1.05. The van der Waals surface area contributed by atoms with E-state index in [9.17, 15) is 18.0 Å². The molecule has 0 saturated heterocycles. The molecular formula is C11H13F3O2. The molecule has 0 bridgehead atoms. The van der Waals surface area contributed by atoms with Crippen LogP contribution in [0.1, 0.15) is 6.92 Å². The molecule has 0 saturated carbocycles. The molecule has 0 unspecified atom stereocenters. The van der Waals surface area contributed by atoms with Gasteiger partial charge in [-0.2, -0.15) is 0 Å². The van der Waals surface area contributed by atoms with Crippen molar-refractivity contribution in [1.29, 1.82) is 0 Å². The highest BCUT2D eigenvalue weighted by Crippen LogP contribution is 2.21. The van der Waals surface area contributed by atoms with E-state index in [-0.39, 0.29) is 5.57 Å².